The van der Waals surface area contributed by atoms with E-state index in [1.165, 1.54) is 7.11 Å². The van der Waals surface area contributed by atoms with Gasteiger partial charge in [0.25, 0.3) is 0 Å². The summed E-state index contributed by atoms with van der Waals surface area (Å²) in [6.07, 6.45) is 2.43. The number of piperidine rings is 1. The molecule has 21 heavy (non-hydrogen) atoms. The van der Waals surface area contributed by atoms with E-state index in [9.17, 15) is 14.9 Å². The number of aromatic nitrogens is 2. The molecule has 0 radical (unpaired) electrons. The van der Waals surface area contributed by atoms with E-state index in [1.54, 1.807) is 16.5 Å². The van der Waals surface area contributed by atoms with Crippen LogP contribution < -0.4 is 4.90 Å². The second-order valence-corrected chi connectivity index (χ2v) is 5.06. The van der Waals surface area contributed by atoms with Crippen molar-refractivity contribution in [2.45, 2.75) is 45.7 Å². The number of aryl methyl sites for hydroxylation is 2. The molecule has 1 saturated heterocycles. The quantitative estimate of drug-likeness (QED) is 0.476. The van der Waals surface area contributed by atoms with Crippen LogP contribution in [0.5, 0.6) is 0 Å². The van der Waals surface area contributed by atoms with Crippen molar-refractivity contribution >= 4 is 17.5 Å². The lowest BCUT2D eigenvalue weighted by atomic mass is 10.0. The van der Waals surface area contributed by atoms with E-state index >= 15 is 0 Å². The van der Waals surface area contributed by atoms with Crippen LogP contribution in [-0.4, -0.2) is 40.4 Å². The van der Waals surface area contributed by atoms with Crippen molar-refractivity contribution in [1.29, 1.82) is 0 Å². The maximum Gasteiger partial charge on any atom is 0.333 e. The highest BCUT2D eigenvalue weighted by Crippen LogP contribution is 2.35. The van der Waals surface area contributed by atoms with E-state index in [2.05, 4.69) is 5.10 Å². The number of carbonyl (C=O) groups excluding carboxylic acids is 1. The SMILES string of the molecule is CCn1nc(C)c([N+](=O)[O-])c1N1CCCCC1C(=O)OC. The molecule has 0 saturated carbocycles. The first-order chi connectivity index (χ1) is 10.0. The van der Waals surface area contributed by atoms with Gasteiger partial charge in [0.2, 0.25) is 5.82 Å². The first-order valence-electron chi connectivity index (χ1n) is 7.07. The Hall–Kier alpha value is -2.12. The summed E-state index contributed by atoms with van der Waals surface area (Å²) >= 11 is 0. The van der Waals surface area contributed by atoms with Crippen molar-refractivity contribution in [3.05, 3.63) is 15.8 Å². The van der Waals surface area contributed by atoms with Gasteiger partial charge in [-0.15, -0.1) is 0 Å². The number of nitrogens with zero attached hydrogens (tertiary/aromatic N) is 4. The topological polar surface area (TPSA) is 90.5 Å². The lowest BCUT2D eigenvalue weighted by Crippen LogP contribution is -2.46. The lowest BCUT2D eigenvalue weighted by Gasteiger charge is -2.34. The molecule has 1 fully saturated rings. The van der Waals surface area contributed by atoms with Gasteiger partial charge in [-0.1, -0.05) is 0 Å². The standard InChI is InChI=1S/C13H20N4O4/c1-4-16-12(11(17(19)20)9(2)14-16)15-8-6-5-7-10(15)13(18)21-3/h10H,4-8H2,1-3H3. The fourth-order valence-electron chi connectivity index (χ4n) is 2.84. The van der Waals surface area contributed by atoms with Crippen LogP contribution in [0, 0.1) is 17.0 Å². The van der Waals surface area contributed by atoms with Gasteiger partial charge in [-0.25, -0.2) is 9.48 Å². The van der Waals surface area contributed by atoms with Gasteiger partial charge in [-0.05, 0) is 33.1 Å². The predicted molar refractivity (Wildman–Crippen MR) is 76.3 cm³/mol. The first-order valence-corrected chi connectivity index (χ1v) is 7.07. The lowest BCUT2D eigenvalue weighted by molar-refractivity contribution is -0.384. The fraction of sp³-hybridized carbons (Fsp3) is 0.692. The number of esters is 1. The van der Waals surface area contributed by atoms with Crippen LogP contribution in [0.15, 0.2) is 0 Å². The summed E-state index contributed by atoms with van der Waals surface area (Å²) < 4.78 is 6.43. The molecule has 0 amide bonds. The Bertz CT molecular complexity index is 555. The summed E-state index contributed by atoms with van der Waals surface area (Å²) in [6.45, 7) is 4.59. The van der Waals surface area contributed by atoms with Gasteiger partial charge in [0.05, 0.1) is 12.0 Å². The minimum absolute atomic E-state index is 0.0207. The van der Waals surface area contributed by atoms with Crippen LogP contribution in [0.1, 0.15) is 31.9 Å². The number of anilines is 1. The summed E-state index contributed by atoms with van der Waals surface area (Å²) in [5, 5.41) is 15.6. The third-order valence-electron chi connectivity index (χ3n) is 3.80. The van der Waals surface area contributed by atoms with Gasteiger partial charge in [-0.3, -0.25) is 10.1 Å². The van der Waals surface area contributed by atoms with Gasteiger partial charge in [0, 0.05) is 13.1 Å². The van der Waals surface area contributed by atoms with E-state index in [0.717, 1.165) is 12.8 Å². The van der Waals surface area contributed by atoms with Crippen LogP contribution in [0.3, 0.4) is 0 Å². The van der Waals surface area contributed by atoms with Gasteiger partial charge in [0.15, 0.2) is 0 Å². The number of hydrogen-bond donors (Lipinski definition) is 0. The largest absolute Gasteiger partial charge is 0.467 e. The normalized spacial score (nSPS) is 18.6. The molecular weight excluding hydrogens is 276 g/mol. The molecule has 0 N–H and O–H groups in total. The number of rotatable bonds is 4. The molecule has 1 aromatic heterocycles. The van der Waals surface area contributed by atoms with E-state index in [4.69, 9.17) is 4.74 Å². The average molecular weight is 296 g/mol. The van der Waals surface area contributed by atoms with Gasteiger partial charge < -0.3 is 9.64 Å². The number of hydrogen-bond acceptors (Lipinski definition) is 6. The molecule has 0 aliphatic carbocycles. The van der Waals surface area contributed by atoms with Crippen molar-refractivity contribution in [3.63, 3.8) is 0 Å². The molecule has 8 heteroatoms. The minimum Gasteiger partial charge on any atom is -0.467 e. The molecule has 0 bridgehead atoms. The smallest absolute Gasteiger partial charge is 0.333 e. The highest BCUT2D eigenvalue weighted by molar-refractivity contribution is 5.81. The highest BCUT2D eigenvalue weighted by atomic mass is 16.6. The third-order valence-corrected chi connectivity index (χ3v) is 3.80. The Morgan fingerprint density at radius 3 is 2.81 bits per heavy atom. The molecule has 116 valence electrons. The predicted octanol–water partition coefficient (Wildman–Crippen LogP) is 1.65. The number of carbonyl (C=O) groups is 1. The average Bonchev–Trinajstić information content (AvgIpc) is 2.83. The molecule has 2 heterocycles. The van der Waals surface area contributed by atoms with Crippen LogP contribution in [0.2, 0.25) is 0 Å². The van der Waals surface area contributed by atoms with Crippen LogP contribution in [0.25, 0.3) is 0 Å². The summed E-state index contributed by atoms with van der Waals surface area (Å²) in [6, 6.07) is -0.483. The zero-order valence-electron chi connectivity index (χ0n) is 12.5. The van der Waals surface area contributed by atoms with Crippen molar-refractivity contribution in [2.24, 2.45) is 0 Å². The first kappa shape index (κ1) is 15.3. The van der Waals surface area contributed by atoms with Crippen molar-refractivity contribution in [3.8, 4) is 0 Å². The number of nitro groups is 1. The van der Waals surface area contributed by atoms with E-state index in [0.29, 0.717) is 31.0 Å². The Kier molecular flexibility index (Phi) is 4.44. The molecule has 1 atom stereocenters. The minimum atomic E-state index is -0.483. The summed E-state index contributed by atoms with van der Waals surface area (Å²) in [5.74, 6) is 0.0561. The van der Waals surface area contributed by atoms with E-state index < -0.39 is 11.0 Å². The molecule has 1 unspecified atom stereocenters. The van der Waals surface area contributed by atoms with Crippen LogP contribution >= 0.6 is 0 Å². The highest BCUT2D eigenvalue weighted by Gasteiger charge is 2.37. The Morgan fingerprint density at radius 1 is 1.52 bits per heavy atom. The Morgan fingerprint density at radius 2 is 2.24 bits per heavy atom. The van der Waals surface area contributed by atoms with Gasteiger partial charge in [-0.2, -0.15) is 5.10 Å². The maximum atomic E-state index is 12.0. The van der Waals surface area contributed by atoms with Crippen LogP contribution in [0.4, 0.5) is 11.5 Å². The Balaban J connectivity index is 2.51. The summed E-state index contributed by atoms with van der Waals surface area (Å²) in [7, 11) is 1.34. The molecule has 0 spiro atoms. The van der Waals surface area contributed by atoms with Crippen molar-refractivity contribution < 1.29 is 14.5 Å². The molecular formula is C13H20N4O4. The third kappa shape index (κ3) is 2.70. The van der Waals surface area contributed by atoms with Gasteiger partial charge >= 0.3 is 11.7 Å². The van der Waals surface area contributed by atoms with Crippen molar-refractivity contribution in [1.82, 2.24) is 9.78 Å². The molecule has 8 nitrogen and oxygen atoms in total. The van der Waals surface area contributed by atoms with Crippen molar-refractivity contribution in [2.75, 3.05) is 18.6 Å². The second kappa shape index (κ2) is 6.11. The zero-order valence-corrected chi connectivity index (χ0v) is 12.5. The number of ether oxygens (including phenoxy) is 1. The molecule has 1 aliphatic rings. The second-order valence-electron chi connectivity index (χ2n) is 5.06. The Labute approximate surface area is 122 Å². The summed E-state index contributed by atoms with van der Waals surface area (Å²) in [4.78, 5) is 24.7. The molecule has 1 aliphatic heterocycles. The monoisotopic (exact) mass is 296 g/mol. The molecule has 2 rings (SSSR count). The van der Waals surface area contributed by atoms with Crippen LogP contribution in [-0.2, 0) is 16.1 Å². The number of methoxy groups -OCH3 is 1. The molecule has 1 aromatic rings. The summed E-state index contributed by atoms with van der Waals surface area (Å²) in [5.41, 5.74) is 0.346. The van der Waals surface area contributed by atoms with E-state index in [1.807, 2.05) is 6.92 Å². The van der Waals surface area contributed by atoms with Gasteiger partial charge in [0.1, 0.15) is 11.7 Å². The molecule has 0 aromatic carbocycles. The fourth-order valence-corrected chi connectivity index (χ4v) is 2.84. The maximum absolute atomic E-state index is 12.0. The van der Waals surface area contributed by atoms with E-state index in [-0.39, 0.29) is 11.7 Å². The zero-order chi connectivity index (χ0) is 15.6.